The van der Waals surface area contributed by atoms with Gasteiger partial charge in [-0.25, -0.2) is 0 Å². The van der Waals surface area contributed by atoms with Gasteiger partial charge in [0.05, 0.1) is 0 Å². The van der Waals surface area contributed by atoms with Gasteiger partial charge in [0, 0.05) is 32.7 Å². The zero-order chi connectivity index (χ0) is 15.3. The Hall–Kier alpha value is -0.640. The van der Waals surface area contributed by atoms with Crippen molar-refractivity contribution in [2.45, 2.75) is 45.1 Å². The predicted octanol–water partition coefficient (Wildman–Crippen LogP) is 5.40. The Morgan fingerprint density at radius 3 is 2.48 bits per heavy atom. The maximum absolute atomic E-state index is 3.66. The molecule has 0 spiro atoms. The first-order chi connectivity index (χ1) is 10.1. The van der Waals surface area contributed by atoms with E-state index in [2.05, 4.69) is 83.8 Å². The quantitative estimate of drug-likeness (QED) is 0.692. The molecule has 0 bridgehead atoms. The fourth-order valence-corrected chi connectivity index (χ4v) is 4.29. The van der Waals surface area contributed by atoms with Crippen LogP contribution in [-0.2, 0) is 11.8 Å². The molecule has 2 rings (SSSR count). The first-order valence-corrected chi connectivity index (χ1v) is 9.25. The van der Waals surface area contributed by atoms with Crippen LogP contribution in [0.1, 0.15) is 37.6 Å². The van der Waals surface area contributed by atoms with E-state index < -0.39 is 0 Å². The maximum Gasteiger partial charge on any atom is 0.0285 e. The van der Waals surface area contributed by atoms with E-state index in [9.17, 15) is 0 Å². The summed E-state index contributed by atoms with van der Waals surface area (Å²) in [6.07, 6.45) is 2.22. The van der Waals surface area contributed by atoms with Crippen LogP contribution in [-0.4, -0.2) is 12.6 Å². The lowest BCUT2D eigenvalue weighted by Crippen LogP contribution is -2.42. The number of hydrogen-bond acceptors (Lipinski definition) is 2. The Morgan fingerprint density at radius 2 is 1.95 bits per heavy atom. The number of benzene rings is 1. The van der Waals surface area contributed by atoms with Crippen LogP contribution >= 0.6 is 27.3 Å². The van der Waals surface area contributed by atoms with Gasteiger partial charge < -0.3 is 5.32 Å². The summed E-state index contributed by atoms with van der Waals surface area (Å²) < 4.78 is 1.19. The summed E-state index contributed by atoms with van der Waals surface area (Å²) in [5.74, 6) is 0. The van der Waals surface area contributed by atoms with Gasteiger partial charge in [-0.05, 0) is 40.4 Å². The molecule has 1 heterocycles. The second kappa shape index (κ2) is 7.57. The number of halogens is 1. The molecule has 3 heteroatoms. The van der Waals surface area contributed by atoms with E-state index in [0.29, 0.717) is 6.04 Å². The van der Waals surface area contributed by atoms with Crippen molar-refractivity contribution in [3.05, 3.63) is 56.7 Å². The van der Waals surface area contributed by atoms with Gasteiger partial charge in [0.2, 0.25) is 0 Å². The van der Waals surface area contributed by atoms with Crippen LogP contribution in [0.2, 0.25) is 0 Å². The van der Waals surface area contributed by atoms with Crippen LogP contribution in [0, 0.1) is 0 Å². The van der Waals surface area contributed by atoms with Gasteiger partial charge in [0.15, 0.2) is 0 Å². The summed E-state index contributed by atoms with van der Waals surface area (Å²) >= 11 is 5.42. The summed E-state index contributed by atoms with van der Waals surface area (Å²) in [5, 5.41) is 5.83. The van der Waals surface area contributed by atoms with Crippen molar-refractivity contribution in [3.8, 4) is 0 Å². The van der Waals surface area contributed by atoms with E-state index >= 15 is 0 Å². The molecule has 2 aromatic rings. The average molecular weight is 366 g/mol. The third kappa shape index (κ3) is 4.41. The zero-order valence-electron chi connectivity index (χ0n) is 13.0. The number of thiophene rings is 1. The van der Waals surface area contributed by atoms with Crippen LogP contribution in [0.25, 0.3) is 0 Å². The monoisotopic (exact) mass is 365 g/mol. The highest BCUT2D eigenvalue weighted by atomic mass is 79.9. The van der Waals surface area contributed by atoms with E-state index in [-0.39, 0.29) is 5.41 Å². The molecule has 1 aromatic heterocycles. The molecule has 0 aliphatic carbocycles. The van der Waals surface area contributed by atoms with Crippen LogP contribution in [0.5, 0.6) is 0 Å². The van der Waals surface area contributed by atoms with Gasteiger partial charge in [-0.2, -0.15) is 0 Å². The minimum absolute atomic E-state index is 0.163. The van der Waals surface area contributed by atoms with Crippen molar-refractivity contribution < 1.29 is 0 Å². The molecule has 1 nitrogen and oxygen atoms in total. The molecule has 1 unspecified atom stereocenters. The first kappa shape index (κ1) is 16.7. The van der Waals surface area contributed by atoms with Crippen LogP contribution in [0.15, 0.2) is 46.3 Å². The topological polar surface area (TPSA) is 12.0 Å². The largest absolute Gasteiger partial charge is 0.314 e. The van der Waals surface area contributed by atoms with E-state index in [1.807, 2.05) is 11.3 Å². The molecule has 0 aliphatic heterocycles. The normalized spacial score (nSPS) is 14.3. The lowest BCUT2D eigenvalue weighted by molar-refractivity contribution is 0.365. The molecule has 21 heavy (non-hydrogen) atoms. The highest BCUT2D eigenvalue weighted by Crippen LogP contribution is 2.34. The molecule has 1 atom stereocenters. The molecular weight excluding hydrogens is 342 g/mol. The van der Waals surface area contributed by atoms with Gasteiger partial charge in [0.25, 0.3) is 0 Å². The van der Waals surface area contributed by atoms with Gasteiger partial charge in [-0.15, -0.1) is 11.3 Å². The molecule has 1 aromatic carbocycles. The molecule has 0 aliphatic rings. The van der Waals surface area contributed by atoms with E-state index in [1.165, 1.54) is 14.9 Å². The first-order valence-electron chi connectivity index (χ1n) is 7.57. The second-order valence-electron chi connectivity index (χ2n) is 5.94. The molecule has 0 radical (unpaired) electrons. The highest BCUT2D eigenvalue weighted by Gasteiger charge is 2.31. The molecule has 0 fully saturated rings. The zero-order valence-corrected chi connectivity index (χ0v) is 15.4. The second-order valence-corrected chi connectivity index (χ2v) is 7.85. The van der Waals surface area contributed by atoms with Crippen molar-refractivity contribution in [2.24, 2.45) is 0 Å². The molecule has 0 saturated heterocycles. The van der Waals surface area contributed by atoms with Gasteiger partial charge in [-0.3, -0.25) is 0 Å². The van der Waals surface area contributed by atoms with E-state index in [4.69, 9.17) is 0 Å². The van der Waals surface area contributed by atoms with E-state index in [0.717, 1.165) is 19.4 Å². The van der Waals surface area contributed by atoms with Crippen molar-refractivity contribution in [2.75, 3.05) is 6.54 Å². The van der Waals surface area contributed by atoms with Gasteiger partial charge in [-0.1, -0.05) is 51.1 Å². The van der Waals surface area contributed by atoms with Crippen LogP contribution in [0.4, 0.5) is 0 Å². The summed E-state index contributed by atoms with van der Waals surface area (Å²) in [5.41, 5.74) is 1.60. The van der Waals surface area contributed by atoms with Crippen molar-refractivity contribution in [1.82, 2.24) is 5.32 Å². The molecule has 0 amide bonds. The average Bonchev–Trinajstić information content (AvgIpc) is 2.89. The molecule has 1 N–H and O–H groups in total. The standard InChI is InChI=1S/C18H24BrNS/c1-4-18(13-20-14(2)3,15-8-6-5-7-9-15)11-17-10-16(19)12-21-17/h5-10,12,14,20H,4,11,13H2,1-3H3. The predicted molar refractivity (Wildman–Crippen MR) is 97.3 cm³/mol. The Bertz CT molecular complexity index is 549. The fourth-order valence-electron chi connectivity index (χ4n) is 2.69. The van der Waals surface area contributed by atoms with Crippen molar-refractivity contribution in [3.63, 3.8) is 0 Å². The molecule has 0 saturated carbocycles. The Labute approximate surface area is 140 Å². The number of rotatable bonds is 7. The highest BCUT2D eigenvalue weighted by molar-refractivity contribution is 9.10. The molecule has 114 valence electrons. The maximum atomic E-state index is 3.66. The third-order valence-corrected chi connectivity index (χ3v) is 5.74. The van der Waals surface area contributed by atoms with Crippen LogP contribution < -0.4 is 5.32 Å². The number of nitrogens with one attached hydrogen (secondary N) is 1. The van der Waals surface area contributed by atoms with Gasteiger partial charge >= 0.3 is 0 Å². The van der Waals surface area contributed by atoms with Crippen molar-refractivity contribution in [1.29, 1.82) is 0 Å². The Kier molecular flexibility index (Phi) is 6.03. The fraction of sp³-hybridized carbons (Fsp3) is 0.444. The lowest BCUT2D eigenvalue weighted by atomic mass is 9.74. The minimum atomic E-state index is 0.163. The van der Waals surface area contributed by atoms with Crippen molar-refractivity contribution >= 4 is 27.3 Å². The smallest absolute Gasteiger partial charge is 0.0285 e. The number of hydrogen-bond donors (Lipinski definition) is 1. The SMILES string of the molecule is CCC(CNC(C)C)(Cc1cc(Br)cs1)c1ccccc1. The van der Waals surface area contributed by atoms with E-state index in [1.54, 1.807) is 0 Å². The summed E-state index contributed by atoms with van der Waals surface area (Å²) in [4.78, 5) is 1.44. The third-order valence-electron chi connectivity index (χ3n) is 4.05. The summed E-state index contributed by atoms with van der Waals surface area (Å²) in [6, 6.07) is 13.7. The summed E-state index contributed by atoms with van der Waals surface area (Å²) in [7, 11) is 0. The lowest BCUT2D eigenvalue weighted by Gasteiger charge is -2.34. The Balaban J connectivity index is 2.31. The Morgan fingerprint density at radius 1 is 1.24 bits per heavy atom. The summed E-state index contributed by atoms with van der Waals surface area (Å²) in [6.45, 7) is 7.75. The molecular formula is C18H24BrNS. The van der Waals surface area contributed by atoms with Gasteiger partial charge in [0.1, 0.15) is 0 Å². The van der Waals surface area contributed by atoms with Crippen LogP contribution in [0.3, 0.4) is 0 Å². The minimum Gasteiger partial charge on any atom is -0.314 e.